The fraction of sp³-hybridized carbons (Fsp3) is 1.00. The summed E-state index contributed by atoms with van der Waals surface area (Å²) in [7, 11) is 2.20. The zero-order valence-electron chi connectivity index (χ0n) is 11.3. The minimum absolute atomic E-state index is 0.211. The van der Waals surface area contributed by atoms with Crippen LogP contribution in [0.1, 0.15) is 19.8 Å². The summed E-state index contributed by atoms with van der Waals surface area (Å²) in [6.45, 7) is 9.46. The van der Waals surface area contributed by atoms with Crippen molar-refractivity contribution in [3.8, 4) is 0 Å². The molecule has 0 amide bonds. The van der Waals surface area contributed by atoms with E-state index in [-0.39, 0.29) is 5.41 Å². The van der Waals surface area contributed by atoms with Crippen molar-refractivity contribution >= 4 is 0 Å². The fourth-order valence-corrected chi connectivity index (χ4v) is 3.10. The van der Waals surface area contributed by atoms with E-state index in [1.807, 2.05) is 0 Å². The first-order chi connectivity index (χ1) is 8.15. The second-order valence-corrected chi connectivity index (χ2v) is 5.94. The third-order valence-corrected chi connectivity index (χ3v) is 4.34. The molecule has 2 aliphatic rings. The van der Waals surface area contributed by atoms with Crippen molar-refractivity contribution in [3.05, 3.63) is 0 Å². The summed E-state index contributed by atoms with van der Waals surface area (Å²) < 4.78 is 5.66. The van der Waals surface area contributed by atoms with E-state index in [2.05, 4.69) is 23.8 Å². The van der Waals surface area contributed by atoms with E-state index in [4.69, 9.17) is 10.5 Å². The Morgan fingerprint density at radius 3 is 2.82 bits per heavy atom. The quantitative estimate of drug-likeness (QED) is 0.775. The molecule has 2 unspecified atom stereocenters. The monoisotopic (exact) mass is 241 g/mol. The van der Waals surface area contributed by atoms with Gasteiger partial charge in [0.1, 0.15) is 0 Å². The number of ether oxygens (including phenoxy) is 1. The van der Waals surface area contributed by atoms with Crippen molar-refractivity contribution in [3.63, 3.8) is 0 Å². The number of nitrogens with zero attached hydrogens (tertiary/aromatic N) is 2. The summed E-state index contributed by atoms with van der Waals surface area (Å²) in [5.41, 5.74) is 6.22. The lowest BCUT2D eigenvalue weighted by atomic mass is 9.81. The van der Waals surface area contributed by atoms with Crippen molar-refractivity contribution in [1.82, 2.24) is 9.80 Å². The lowest BCUT2D eigenvalue weighted by Crippen LogP contribution is -2.56. The van der Waals surface area contributed by atoms with E-state index in [0.29, 0.717) is 6.04 Å². The zero-order chi connectivity index (χ0) is 12.3. The third kappa shape index (κ3) is 3.19. The molecule has 4 heteroatoms. The molecule has 4 nitrogen and oxygen atoms in total. The summed E-state index contributed by atoms with van der Waals surface area (Å²) in [5.74, 6) is 0. The van der Waals surface area contributed by atoms with Gasteiger partial charge in [0, 0.05) is 50.8 Å². The van der Waals surface area contributed by atoms with E-state index in [1.54, 1.807) is 0 Å². The van der Waals surface area contributed by atoms with Crippen LogP contribution in [-0.4, -0.2) is 68.8 Å². The number of hydrogen-bond donors (Lipinski definition) is 1. The molecule has 2 N–H and O–H groups in total. The number of hydrogen-bond acceptors (Lipinski definition) is 4. The molecule has 17 heavy (non-hydrogen) atoms. The van der Waals surface area contributed by atoms with Gasteiger partial charge in [0.2, 0.25) is 0 Å². The Labute approximate surface area is 105 Å². The van der Waals surface area contributed by atoms with Crippen LogP contribution in [0.2, 0.25) is 0 Å². The topological polar surface area (TPSA) is 41.7 Å². The molecule has 0 bridgehead atoms. The summed E-state index contributed by atoms with van der Waals surface area (Å²) in [6.07, 6.45) is 2.39. The zero-order valence-corrected chi connectivity index (χ0v) is 11.3. The van der Waals surface area contributed by atoms with Crippen LogP contribution < -0.4 is 5.73 Å². The summed E-state index contributed by atoms with van der Waals surface area (Å²) in [4.78, 5) is 5.01. The molecule has 2 aliphatic heterocycles. The van der Waals surface area contributed by atoms with Crippen molar-refractivity contribution in [2.24, 2.45) is 11.1 Å². The summed E-state index contributed by atoms with van der Waals surface area (Å²) in [6, 6.07) is 0.638. The predicted octanol–water partition coefficient (Wildman–Crippen LogP) is 0.378. The first-order valence-electron chi connectivity index (χ1n) is 6.86. The highest BCUT2D eigenvalue weighted by Crippen LogP contribution is 2.29. The van der Waals surface area contributed by atoms with Gasteiger partial charge in [-0.3, -0.25) is 4.90 Å². The van der Waals surface area contributed by atoms with Gasteiger partial charge in [-0.25, -0.2) is 0 Å². The van der Waals surface area contributed by atoms with Gasteiger partial charge in [-0.05, 0) is 26.8 Å². The molecule has 100 valence electrons. The maximum absolute atomic E-state index is 6.01. The van der Waals surface area contributed by atoms with Gasteiger partial charge in [0.25, 0.3) is 0 Å². The highest BCUT2D eigenvalue weighted by molar-refractivity contribution is 4.89. The highest BCUT2D eigenvalue weighted by atomic mass is 16.5. The molecule has 0 spiro atoms. The molecule has 2 heterocycles. The molecule has 0 saturated carbocycles. The minimum Gasteiger partial charge on any atom is -0.381 e. The van der Waals surface area contributed by atoms with Gasteiger partial charge in [0.15, 0.2) is 0 Å². The van der Waals surface area contributed by atoms with E-state index >= 15 is 0 Å². The largest absolute Gasteiger partial charge is 0.381 e. The van der Waals surface area contributed by atoms with Gasteiger partial charge >= 0.3 is 0 Å². The third-order valence-electron chi connectivity index (χ3n) is 4.34. The van der Waals surface area contributed by atoms with Crippen LogP contribution in [-0.2, 0) is 4.74 Å². The molecule has 0 aromatic heterocycles. The van der Waals surface area contributed by atoms with Crippen molar-refractivity contribution in [1.29, 1.82) is 0 Å². The first-order valence-corrected chi connectivity index (χ1v) is 6.86. The van der Waals surface area contributed by atoms with Crippen LogP contribution in [0.5, 0.6) is 0 Å². The van der Waals surface area contributed by atoms with Crippen molar-refractivity contribution in [2.75, 3.05) is 53.0 Å². The lowest BCUT2D eigenvalue weighted by molar-refractivity contribution is -0.0370. The Hall–Kier alpha value is -0.160. The molecule has 0 aliphatic carbocycles. The maximum Gasteiger partial charge on any atom is 0.0546 e. The Balaban J connectivity index is 1.93. The van der Waals surface area contributed by atoms with Crippen LogP contribution in [0.3, 0.4) is 0 Å². The molecule has 2 atom stereocenters. The van der Waals surface area contributed by atoms with Crippen LogP contribution in [0.15, 0.2) is 0 Å². The number of nitrogens with two attached hydrogens (primary N) is 1. The second kappa shape index (κ2) is 5.65. The number of rotatable bonds is 3. The molecule has 2 saturated heterocycles. The Morgan fingerprint density at radius 1 is 1.41 bits per heavy atom. The molecule has 0 aromatic rings. The van der Waals surface area contributed by atoms with E-state index < -0.39 is 0 Å². The summed E-state index contributed by atoms with van der Waals surface area (Å²) >= 11 is 0. The van der Waals surface area contributed by atoms with E-state index in [1.165, 1.54) is 32.5 Å². The van der Waals surface area contributed by atoms with Gasteiger partial charge in [-0.1, -0.05) is 0 Å². The minimum atomic E-state index is 0.211. The fourth-order valence-electron chi connectivity index (χ4n) is 3.10. The van der Waals surface area contributed by atoms with Gasteiger partial charge in [-0.2, -0.15) is 0 Å². The van der Waals surface area contributed by atoms with Gasteiger partial charge < -0.3 is 15.4 Å². The normalized spacial score (nSPS) is 37.2. The first kappa shape index (κ1) is 13.3. The predicted molar refractivity (Wildman–Crippen MR) is 70.1 cm³/mol. The smallest absolute Gasteiger partial charge is 0.0546 e. The van der Waals surface area contributed by atoms with Crippen LogP contribution in [0.25, 0.3) is 0 Å². The van der Waals surface area contributed by atoms with Crippen LogP contribution in [0.4, 0.5) is 0 Å². The van der Waals surface area contributed by atoms with E-state index in [9.17, 15) is 0 Å². The van der Waals surface area contributed by atoms with Gasteiger partial charge in [0.05, 0.1) is 6.61 Å². The molecule has 2 rings (SSSR count). The molecule has 0 radical (unpaired) electrons. The Morgan fingerprint density at radius 2 is 2.24 bits per heavy atom. The molecular formula is C13H27N3O. The summed E-state index contributed by atoms with van der Waals surface area (Å²) in [5, 5.41) is 0. The van der Waals surface area contributed by atoms with Crippen LogP contribution in [0, 0.1) is 5.41 Å². The maximum atomic E-state index is 6.01. The molecular weight excluding hydrogens is 214 g/mol. The van der Waals surface area contributed by atoms with Gasteiger partial charge in [-0.15, -0.1) is 0 Å². The van der Waals surface area contributed by atoms with Crippen molar-refractivity contribution < 1.29 is 4.74 Å². The number of piperazine rings is 1. The number of likely N-dealkylation sites (N-methyl/N-ethyl adjacent to an activating group) is 1. The van der Waals surface area contributed by atoms with Crippen molar-refractivity contribution in [2.45, 2.75) is 25.8 Å². The molecule has 0 aromatic carbocycles. The molecule has 2 fully saturated rings. The Bertz CT molecular complexity index is 241. The standard InChI is InChI=1S/C13H27N3O/c1-12-8-15(2)5-6-16(12)10-13(9-14)4-3-7-17-11-13/h12H,3-11,14H2,1-2H3. The lowest BCUT2D eigenvalue weighted by Gasteiger charge is -2.45. The average Bonchev–Trinajstić information content (AvgIpc) is 2.34. The average molecular weight is 241 g/mol. The Kier molecular flexibility index (Phi) is 4.42. The van der Waals surface area contributed by atoms with Crippen LogP contribution >= 0.6 is 0 Å². The SMILES string of the molecule is CC1CN(C)CCN1CC1(CN)CCCOC1. The van der Waals surface area contributed by atoms with E-state index in [0.717, 1.165) is 26.3 Å². The second-order valence-electron chi connectivity index (χ2n) is 5.94. The highest BCUT2D eigenvalue weighted by Gasteiger charge is 2.35.